The summed E-state index contributed by atoms with van der Waals surface area (Å²) in [5.74, 6) is 1.43. The molecule has 0 amide bonds. The quantitative estimate of drug-likeness (QED) is 0.886. The molecule has 0 radical (unpaired) electrons. The van der Waals surface area contributed by atoms with E-state index in [1.165, 1.54) is 10.9 Å². The smallest absolute Gasteiger partial charge is 0.145 e. The molecule has 3 nitrogen and oxygen atoms in total. The van der Waals surface area contributed by atoms with E-state index in [1.54, 1.807) is 7.11 Å². The van der Waals surface area contributed by atoms with Crippen LogP contribution in [0.25, 0.3) is 10.9 Å². The predicted molar refractivity (Wildman–Crippen MR) is 85.7 cm³/mol. The van der Waals surface area contributed by atoms with Crippen LogP contribution in [0.1, 0.15) is 32.0 Å². The van der Waals surface area contributed by atoms with Crippen LogP contribution in [0.3, 0.4) is 0 Å². The van der Waals surface area contributed by atoms with Crippen molar-refractivity contribution >= 4 is 16.6 Å². The lowest BCUT2D eigenvalue weighted by atomic mass is 10.0. The maximum atomic E-state index is 5.49. The number of nitrogens with zero attached hydrogens (tertiary/aromatic N) is 1. The van der Waals surface area contributed by atoms with E-state index in [0.717, 1.165) is 35.6 Å². The molecule has 2 rings (SSSR count). The second-order valence-corrected chi connectivity index (χ2v) is 5.60. The fourth-order valence-electron chi connectivity index (χ4n) is 2.56. The van der Waals surface area contributed by atoms with E-state index >= 15 is 0 Å². The first kappa shape index (κ1) is 14.6. The monoisotopic (exact) mass is 272 g/mol. The lowest BCUT2D eigenvalue weighted by molar-refractivity contribution is 0.418. The zero-order valence-electron chi connectivity index (χ0n) is 13.1. The Labute approximate surface area is 121 Å². The molecule has 0 bridgehead atoms. The molecule has 0 fully saturated rings. The van der Waals surface area contributed by atoms with E-state index in [0.29, 0.717) is 5.92 Å². The Kier molecular flexibility index (Phi) is 4.48. The number of aryl methyl sites for hydroxylation is 1. The van der Waals surface area contributed by atoms with E-state index < -0.39 is 0 Å². The molecular formula is C17H24N2O. The van der Waals surface area contributed by atoms with E-state index in [4.69, 9.17) is 9.72 Å². The molecule has 0 aliphatic carbocycles. The molecule has 0 saturated carbocycles. The van der Waals surface area contributed by atoms with Crippen LogP contribution in [0.5, 0.6) is 5.75 Å². The van der Waals surface area contributed by atoms with E-state index in [-0.39, 0.29) is 0 Å². The number of benzene rings is 1. The molecule has 20 heavy (non-hydrogen) atoms. The zero-order chi connectivity index (χ0) is 14.7. The van der Waals surface area contributed by atoms with Crippen LogP contribution >= 0.6 is 0 Å². The summed E-state index contributed by atoms with van der Waals surface area (Å²) in [6.45, 7) is 9.56. The third-order valence-electron chi connectivity index (χ3n) is 3.39. The van der Waals surface area contributed by atoms with Gasteiger partial charge in [-0.05, 0) is 43.9 Å². The number of pyridine rings is 1. The second kappa shape index (κ2) is 6.12. The summed E-state index contributed by atoms with van der Waals surface area (Å²) < 4.78 is 5.49. The number of fused-ring (bicyclic) bond motifs is 1. The van der Waals surface area contributed by atoms with Crippen LogP contribution in [0.2, 0.25) is 0 Å². The van der Waals surface area contributed by atoms with Crippen LogP contribution in [0.4, 0.5) is 5.69 Å². The highest BCUT2D eigenvalue weighted by molar-refractivity contribution is 5.97. The molecule has 108 valence electrons. The highest BCUT2D eigenvalue weighted by atomic mass is 16.5. The number of hydrogen-bond donors (Lipinski definition) is 1. The molecule has 1 heterocycles. The average Bonchev–Trinajstić information content (AvgIpc) is 2.38. The third-order valence-corrected chi connectivity index (χ3v) is 3.39. The molecule has 0 aliphatic heterocycles. The zero-order valence-corrected chi connectivity index (χ0v) is 13.1. The summed E-state index contributed by atoms with van der Waals surface area (Å²) in [6.07, 6.45) is 0.978. The van der Waals surface area contributed by atoms with Gasteiger partial charge in [0.1, 0.15) is 11.3 Å². The molecule has 1 aromatic carbocycles. The summed E-state index contributed by atoms with van der Waals surface area (Å²) >= 11 is 0. The number of aromatic nitrogens is 1. The first-order valence-corrected chi connectivity index (χ1v) is 7.27. The molecule has 2 aromatic rings. The first-order chi connectivity index (χ1) is 9.56. The largest absolute Gasteiger partial charge is 0.494 e. The van der Waals surface area contributed by atoms with E-state index in [2.05, 4.69) is 45.1 Å². The highest BCUT2D eigenvalue weighted by Gasteiger charge is 2.12. The van der Waals surface area contributed by atoms with E-state index in [9.17, 15) is 0 Å². The minimum atomic E-state index is 0.588. The fraction of sp³-hybridized carbons (Fsp3) is 0.471. The Bertz CT molecular complexity index is 605. The van der Waals surface area contributed by atoms with Crippen molar-refractivity contribution < 1.29 is 4.74 Å². The molecular weight excluding hydrogens is 248 g/mol. The number of rotatable bonds is 5. The number of nitrogens with one attached hydrogen (secondary N) is 1. The fourth-order valence-corrected chi connectivity index (χ4v) is 2.56. The van der Waals surface area contributed by atoms with Gasteiger partial charge in [-0.15, -0.1) is 0 Å². The van der Waals surface area contributed by atoms with Gasteiger partial charge in [-0.2, -0.15) is 0 Å². The van der Waals surface area contributed by atoms with Crippen LogP contribution < -0.4 is 10.1 Å². The van der Waals surface area contributed by atoms with Gasteiger partial charge in [0.05, 0.1) is 7.11 Å². The van der Waals surface area contributed by atoms with Gasteiger partial charge in [-0.3, -0.25) is 0 Å². The van der Waals surface area contributed by atoms with Crippen LogP contribution in [0, 0.1) is 12.8 Å². The van der Waals surface area contributed by atoms with Gasteiger partial charge in [0, 0.05) is 23.3 Å². The number of methoxy groups -OCH3 is 1. The average molecular weight is 272 g/mol. The summed E-state index contributed by atoms with van der Waals surface area (Å²) in [7, 11) is 1.70. The van der Waals surface area contributed by atoms with Gasteiger partial charge in [-0.1, -0.05) is 19.9 Å². The summed E-state index contributed by atoms with van der Waals surface area (Å²) in [6, 6.07) is 6.27. The van der Waals surface area contributed by atoms with Crippen molar-refractivity contribution in [1.29, 1.82) is 0 Å². The Morgan fingerprint density at radius 3 is 2.65 bits per heavy atom. The maximum Gasteiger partial charge on any atom is 0.145 e. The van der Waals surface area contributed by atoms with Crippen molar-refractivity contribution in [2.45, 2.75) is 34.1 Å². The minimum Gasteiger partial charge on any atom is -0.494 e. The van der Waals surface area contributed by atoms with Crippen LogP contribution in [-0.2, 0) is 6.42 Å². The summed E-state index contributed by atoms with van der Waals surface area (Å²) in [5.41, 5.74) is 4.46. The topological polar surface area (TPSA) is 34.2 Å². The molecule has 0 unspecified atom stereocenters. The Balaban J connectivity index is 2.70. The van der Waals surface area contributed by atoms with Gasteiger partial charge < -0.3 is 10.1 Å². The van der Waals surface area contributed by atoms with Crippen molar-refractivity contribution in [1.82, 2.24) is 4.98 Å². The molecule has 0 saturated heterocycles. The van der Waals surface area contributed by atoms with Gasteiger partial charge in [0.25, 0.3) is 0 Å². The maximum absolute atomic E-state index is 5.49. The Morgan fingerprint density at radius 1 is 1.30 bits per heavy atom. The molecule has 0 atom stereocenters. The number of anilines is 1. The predicted octanol–water partition coefficient (Wildman–Crippen LogP) is 4.18. The molecule has 3 heteroatoms. The van der Waals surface area contributed by atoms with Crippen molar-refractivity contribution in [2.24, 2.45) is 5.92 Å². The van der Waals surface area contributed by atoms with Crippen LogP contribution in [0.15, 0.2) is 18.2 Å². The van der Waals surface area contributed by atoms with Gasteiger partial charge in [0.15, 0.2) is 0 Å². The number of hydrogen-bond acceptors (Lipinski definition) is 3. The van der Waals surface area contributed by atoms with Gasteiger partial charge in [0.2, 0.25) is 0 Å². The third kappa shape index (κ3) is 2.87. The normalized spacial score (nSPS) is 11.1. The lowest BCUT2D eigenvalue weighted by Gasteiger charge is -2.15. The summed E-state index contributed by atoms with van der Waals surface area (Å²) in [4.78, 5) is 4.82. The lowest BCUT2D eigenvalue weighted by Crippen LogP contribution is -2.04. The standard InChI is InChI=1S/C17H24N2O/c1-6-18-14-10-13(9-11(2)3)19-17-15(20-5)8-7-12(4)16(14)17/h7-8,10-11H,6,9H2,1-5H3,(H,18,19). The van der Waals surface area contributed by atoms with Crippen molar-refractivity contribution in [3.63, 3.8) is 0 Å². The first-order valence-electron chi connectivity index (χ1n) is 7.27. The van der Waals surface area contributed by atoms with Gasteiger partial charge >= 0.3 is 0 Å². The van der Waals surface area contributed by atoms with Crippen molar-refractivity contribution in [3.05, 3.63) is 29.5 Å². The minimum absolute atomic E-state index is 0.588. The van der Waals surface area contributed by atoms with E-state index in [1.807, 2.05) is 6.07 Å². The SMILES string of the molecule is CCNc1cc(CC(C)C)nc2c(OC)ccc(C)c12. The van der Waals surface area contributed by atoms with Crippen molar-refractivity contribution in [2.75, 3.05) is 19.0 Å². The second-order valence-electron chi connectivity index (χ2n) is 5.60. The van der Waals surface area contributed by atoms with Crippen molar-refractivity contribution in [3.8, 4) is 5.75 Å². The van der Waals surface area contributed by atoms with Gasteiger partial charge in [-0.25, -0.2) is 4.98 Å². The molecule has 0 aliphatic rings. The highest BCUT2D eigenvalue weighted by Crippen LogP contribution is 2.33. The number of ether oxygens (including phenoxy) is 1. The van der Waals surface area contributed by atoms with Crippen LogP contribution in [-0.4, -0.2) is 18.6 Å². The molecule has 1 aromatic heterocycles. The molecule has 0 spiro atoms. The Hall–Kier alpha value is -1.77. The summed E-state index contributed by atoms with van der Waals surface area (Å²) in [5, 5.41) is 4.63. The molecule has 1 N–H and O–H groups in total. The Morgan fingerprint density at radius 2 is 2.05 bits per heavy atom.